The third-order valence-corrected chi connectivity index (χ3v) is 4.21. The molecule has 1 unspecified atom stereocenters. The smallest absolute Gasteiger partial charge is 0.326 e. The molecule has 1 atom stereocenters. The number of nitrogens with zero attached hydrogens (tertiary/aromatic N) is 2. The molecule has 2 rings (SSSR count). The van der Waals surface area contributed by atoms with Gasteiger partial charge in [-0.15, -0.1) is 0 Å². The van der Waals surface area contributed by atoms with Gasteiger partial charge < -0.3 is 14.9 Å². The molecule has 0 aromatic rings. The molecule has 0 bridgehead atoms. The van der Waals surface area contributed by atoms with Crippen molar-refractivity contribution in [3.05, 3.63) is 0 Å². The van der Waals surface area contributed by atoms with E-state index in [1.54, 1.807) is 4.90 Å². The van der Waals surface area contributed by atoms with Gasteiger partial charge in [-0.2, -0.15) is 0 Å². The van der Waals surface area contributed by atoms with Gasteiger partial charge in [-0.25, -0.2) is 9.59 Å². The minimum atomic E-state index is -0.877. The highest BCUT2D eigenvalue weighted by Crippen LogP contribution is 2.25. The van der Waals surface area contributed by atoms with E-state index < -0.39 is 12.0 Å². The zero-order valence-corrected chi connectivity index (χ0v) is 11.0. The van der Waals surface area contributed by atoms with Gasteiger partial charge in [-0.05, 0) is 25.7 Å². The van der Waals surface area contributed by atoms with E-state index in [0.717, 1.165) is 19.3 Å². The van der Waals surface area contributed by atoms with E-state index in [1.807, 2.05) is 7.05 Å². The van der Waals surface area contributed by atoms with Crippen LogP contribution in [0.4, 0.5) is 4.79 Å². The Morgan fingerprint density at radius 3 is 2.39 bits per heavy atom. The first-order chi connectivity index (χ1) is 8.61. The Bertz CT molecular complexity index is 326. The molecule has 5 heteroatoms. The molecule has 102 valence electrons. The summed E-state index contributed by atoms with van der Waals surface area (Å²) in [6, 6.07) is -0.434. The summed E-state index contributed by atoms with van der Waals surface area (Å²) < 4.78 is 0. The topological polar surface area (TPSA) is 60.9 Å². The maximum atomic E-state index is 12.3. The van der Waals surface area contributed by atoms with Crippen LogP contribution in [-0.4, -0.2) is 52.6 Å². The predicted octanol–water partition coefficient (Wildman–Crippen LogP) is 1.92. The van der Waals surface area contributed by atoms with Crippen LogP contribution in [0.1, 0.15) is 44.9 Å². The van der Waals surface area contributed by atoms with Gasteiger partial charge in [0.2, 0.25) is 0 Å². The molecule has 2 aliphatic rings. The number of urea groups is 1. The van der Waals surface area contributed by atoms with E-state index in [9.17, 15) is 9.59 Å². The van der Waals surface area contributed by atoms with Crippen molar-refractivity contribution in [3.8, 4) is 0 Å². The van der Waals surface area contributed by atoms with E-state index in [2.05, 4.69) is 0 Å². The fourth-order valence-electron chi connectivity index (χ4n) is 3.08. The van der Waals surface area contributed by atoms with E-state index in [-0.39, 0.29) is 6.03 Å². The molecule has 1 heterocycles. The lowest BCUT2D eigenvalue weighted by atomic mass is 9.95. The monoisotopic (exact) mass is 254 g/mol. The van der Waals surface area contributed by atoms with E-state index in [0.29, 0.717) is 19.0 Å². The molecule has 0 radical (unpaired) electrons. The zero-order chi connectivity index (χ0) is 13.1. The Kier molecular flexibility index (Phi) is 4.09. The van der Waals surface area contributed by atoms with Gasteiger partial charge in [0.25, 0.3) is 0 Å². The van der Waals surface area contributed by atoms with E-state index in [1.165, 1.54) is 24.2 Å². The number of carboxylic acid groups (broad SMARTS) is 1. The summed E-state index contributed by atoms with van der Waals surface area (Å²) in [6.07, 6.45) is 7.07. The molecule has 1 N–H and O–H groups in total. The van der Waals surface area contributed by atoms with Gasteiger partial charge in [0.05, 0.1) is 0 Å². The van der Waals surface area contributed by atoms with Crippen molar-refractivity contribution in [3.63, 3.8) is 0 Å². The first-order valence-corrected chi connectivity index (χ1v) is 6.87. The van der Waals surface area contributed by atoms with Gasteiger partial charge in [0.1, 0.15) is 6.04 Å². The van der Waals surface area contributed by atoms with Crippen molar-refractivity contribution in [1.82, 2.24) is 9.80 Å². The Hall–Kier alpha value is -1.26. The molecule has 1 saturated carbocycles. The van der Waals surface area contributed by atoms with Gasteiger partial charge >= 0.3 is 12.0 Å². The predicted molar refractivity (Wildman–Crippen MR) is 67.4 cm³/mol. The molecule has 1 aliphatic heterocycles. The lowest BCUT2D eigenvalue weighted by molar-refractivity contribution is -0.141. The molecule has 1 aliphatic carbocycles. The Labute approximate surface area is 108 Å². The van der Waals surface area contributed by atoms with Crippen molar-refractivity contribution < 1.29 is 14.7 Å². The fourth-order valence-corrected chi connectivity index (χ4v) is 3.08. The second kappa shape index (κ2) is 5.59. The van der Waals surface area contributed by atoms with Crippen molar-refractivity contribution in [2.24, 2.45) is 0 Å². The van der Waals surface area contributed by atoms with Crippen molar-refractivity contribution in [2.45, 2.75) is 57.0 Å². The zero-order valence-electron chi connectivity index (χ0n) is 11.0. The number of likely N-dealkylation sites (tertiary alicyclic amines) is 1. The minimum Gasteiger partial charge on any atom is -0.480 e. The molecule has 18 heavy (non-hydrogen) atoms. The molecule has 2 amide bonds. The van der Waals surface area contributed by atoms with Crippen molar-refractivity contribution in [1.29, 1.82) is 0 Å². The van der Waals surface area contributed by atoms with Crippen LogP contribution < -0.4 is 0 Å². The van der Waals surface area contributed by atoms with E-state index in [4.69, 9.17) is 5.11 Å². The van der Waals surface area contributed by atoms with Crippen LogP contribution >= 0.6 is 0 Å². The molecule has 2 fully saturated rings. The molecule has 0 aromatic heterocycles. The molecular weight excluding hydrogens is 232 g/mol. The molecule has 1 saturated heterocycles. The standard InChI is InChI=1S/C13H22N2O3/c1-14(10-6-3-2-4-7-10)13(18)15-9-5-8-11(15)12(16)17/h10-11H,2-9H2,1H3,(H,16,17). The Balaban J connectivity index is 1.99. The summed E-state index contributed by atoms with van der Waals surface area (Å²) in [5.74, 6) is -0.877. The lowest BCUT2D eigenvalue weighted by Gasteiger charge is -2.35. The normalized spacial score (nSPS) is 25.2. The Morgan fingerprint density at radius 2 is 1.78 bits per heavy atom. The number of rotatable bonds is 2. The Morgan fingerprint density at radius 1 is 1.11 bits per heavy atom. The number of hydrogen-bond acceptors (Lipinski definition) is 2. The lowest BCUT2D eigenvalue weighted by Crippen LogP contribution is -2.50. The van der Waals surface area contributed by atoms with Crippen LogP contribution in [0.5, 0.6) is 0 Å². The molecular formula is C13H22N2O3. The highest BCUT2D eigenvalue weighted by molar-refractivity contribution is 5.83. The molecule has 0 aromatic carbocycles. The van der Waals surface area contributed by atoms with Crippen LogP contribution in [0.2, 0.25) is 0 Å². The first-order valence-electron chi connectivity index (χ1n) is 6.87. The van der Waals surface area contributed by atoms with Crippen LogP contribution in [0.15, 0.2) is 0 Å². The molecule has 0 spiro atoms. The van der Waals surface area contributed by atoms with Crippen LogP contribution in [0, 0.1) is 0 Å². The summed E-state index contributed by atoms with van der Waals surface area (Å²) in [7, 11) is 1.82. The van der Waals surface area contributed by atoms with Crippen molar-refractivity contribution >= 4 is 12.0 Å². The number of aliphatic carboxylic acids is 1. The second-order valence-corrected chi connectivity index (χ2v) is 5.37. The summed E-state index contributed by atoms with van der Waals surface area (Å²) in [5, 5.41) is 9.11. The average Bonchev–Trinajstić information content (AvgIpc) is 2.87. The number of amides is 2. The van der Waals surface area contributed by atoms with Crippen LogP contribution in [-0.2, 0) is 4.79 Å². The third kappa shape index (κ3) is 2.60. The third-order valence-electron chi connectivity index (χ3n) is 4.21. The summed E-state index contributed by atoms with van der Waals surface area (Å²) in [4.78, 5) is 26.7. The number of carbonyl (C=O) groups excluding carboxylic acids is 1. The maximum Gasteiger partial charge on any atom is 0.326 e. The maximum absolute atomic E-state index is 12.3. The highest BCUT2D eigenvalue weighted by atomic mass is 16.4. The van der Waals surface area contributed by atoms with Gasteiger partial charge in [0.15, 0.2) is 0 Å². The highest BCUT2D eigenvalue weighted by Gasteiger charge is 2.36. The fraction of sp³-hybridized carbons (Fsp3) is 0.846. The number of carboxylic acids is 1. The van der Waals surface area contributed by atoms with Gasteiger partial charge in [-0.3, -0.25) is 0 Å². The quantitative estimate of drug-likeness (QED) is 0.819. The summed E-state index contributed by atoms with van der Waals surface area (Å²) in [6.45, 7) is 0.576. The first kappa shape index (κ1) is 13.2. The van der Waals surface area contributed by atoms with Gasteiger partial charge in [-0.1, -0.05) is 19.3 Å². The average molecular weight is 254 g/mol. The second-order valence-electron chi connectivity index (χ2n) is 5.37. The number of hydrogen-bond donors (Lipinski definition) is 1. The SMILES string of the molecule is CN(C(=O)N1CCCC1C(=O)O)C1CCCCC1. The van der Waals surface area contributed by atoms with Crippen LogP contribution in [0.3, 0.4) is 0 Å². The molecule has 5 nitrogen and oxygen atoms in total. The van der Waals surface area contributed by atoms with Crippen molar-refractivity contribution in [2.75, 3.05) is 13.6 Å². The largest absolute Gasteiger partial charge is 0.480 e. The van der Waals surface area contributed by atoms with Gasteiger partial charge in [0, 0.05) is 19.6 Å². The summed E-state index contributed by atoms with van der Waals surface area (Å²) >= 11 is 0. The van der Waals surface area contributed by atoms with E-state index >= 15 is 0 Å². The number of carbonyl (C=O) groups is 2. The summed E-state index contributed by atoms with van der Waals surface area (Å²) in [5.41, 5.74) is 0. The van der Waals surface area contributed by atoms with Crippen LogP contribution in [0.25, 0.3) is 0 Å². The minimum absolute atomic E-state index is 0.105.